The standard InChI is InChI=1S/C10H11F2NO/c11-10(12)14-9-3-1-2-8(6-9)13-7-4-5-7/h1-3,6-7,10,13H,4-5H2. The Morgan fingerprint density at radius 1 is 1.36 bits per heavy atom. The van der Waals surface area contributed by atoms with Crippen LogP contribution in [0.15, 0.2) is 24.3 Å². The molecule has 1 fully saturated rings. The third kappa shape index (κ3) is 2.58. The first kappa shape index (κ1) is 9.24. The van der Waals surface area contributed by atoms with Crippen molar-refractivity contribution in [1.82, 2.24) is 0 Å². The van der Waals surface area contributed by atoms with E-state index in [1.807, 2.05) is 6.07 Å². The van der Waals surface area contributed by atoms with Crippen LogP contribution in [0.25, 0.3) is 0 Å². The number of hydrogen-bond donors (Lipinski definition) is 1. The molecule has 1 aromatic rings. The van der Waals surface area contributed by atoms with Gasteiger partial charge in [0.05, 0.1) is 0 Å². The third-order valence-corrected chi connectivity index (χ3v) is 2.01. The molecule has 0 amide bonds. The topological polar surface area (TPSA) is 21.3 Å². The maximum absolute atomic E-state index is 11.9. The smallest absolute Gasteiger partial charge is 0.387 e. The van der Waals surface area contributed by atoms with E-state index < -0.39 is 6.61 Å². The summed E-state index contributed by atoms with van der Waals surface area (Å²) < 4.78 is 28.1. The lowest BCUT2D eigenvalue weighted by Gasteiger charge is -2.07. The molecular formula is C10H11F2NO. The molecule has 4 heteroatoms. The molecule has 2 nitrogen and oxygen atoms in total. The van der Waals surface area contributed by atoms with Gasteiger partial charge in [-0.1, -0.05) is 6.07 Å². The minimum atomic E-state index is -2.76. The van der Waals surface area contributed by atoms with Crippen molar-refractivity contribution in [2.75, 3.05) is 5.32 Å². The average molecular weight is 199 g/mol. The molecule has 0 heterocycles. The first-order chi connectivity index (χ1) is 6.74. The highest BCUT2D eigenvalue weighted by atomic mass is 19.3. The van der Waals surface area contributed by atoms with Gasteiger partial charge in [-0.05, 0) is 25.0 Å². The summed E-state index contributed by atoms with van der Waals surface area (Å²) in [6, 6.07) is 7.16. The fraction of sp³-hybridized carbons (Fsp3) is 0.400. The molecule has 1 aromatic carbocycles. The number of benzene rings is 1. The Kier molecular flexibility index (Phi) is 2.52. The Labute approximate surface area is 80.9 Å². The molecule has 0 unspecified atom stereocenters. The monoisotopic (exact) mass is 199 g/mol. The van der Waals surface area contributed by atoms with Crippen molar-refractivity contribution in [1.29, 1.82) is 0 Å². The van der Waals surface area contributed by atoms with E-state index in [4.69, 9.17) is 0 Å². The van der Waals surface area contributed by atoms with E-state index >= 15 is 0 Å². The minimum Gasteiger partial charge on any atom is -0.435 e. The lowest BCUT2D eigenvalue weighted by molar-refractivity contribution is -0.0498. The molecule has 2 rings (SSSR count). The third-order valence-electron chi connectivity index (χ3n) is 2.01. The van der Waals surface area contributed by atoms with Gasteiger partial charge < -0.3 is 10.1 Å². The molecule has 0 atom stereocenters. The highest BCUT2D eigenvalue weighted by molar-refractivity contribution is 5.49. The predicted octanol–water partition coefficient (Wildman–Crippen LogP) is 2.86. The second-order valence-electron chi connectivity index (χ2n) is 3.32. The quantitative estimate of drug-likeness (QED) is 0.805. The number of halogens is 2. The molecule has 1 aliphatic rings. The largest absolute Gasteiger partial charge is 0.435 e. The van der Waals surface area contributed by atoms with Gasteiger partial charge in [0.15, 0.2) is 0 Å². The number of hydrogen-bond acceptors (Lipinski definition) is 2. The van der Waals surface area contributed by atoms with Crippen molar-refractivity contribution in [3.63, 3.8) is 0 Å². The van der Waals surface area contributed by atoms with Gasteiger partial charge in [0, 0.05) is 17.8 Å². The zero-order chi connectivity index (χ0) is 9.97. The molecule has 1 N–H and O–H groups in total. The van der Waals surface area contributed by atoms with Gasteiger partial charge in [0.1, 0.15) is 5.75 Å². The number of alkyl halides is 2. The minimum absolute atomic E-state index is 0.200. The van der Waals surface area contributed by atoms with Crippen LogP contribution >= 0.6 is 0 Å². The van der Waals surface area contributed by atoms with Gasteiger partial charge in [0.2, 0.25) is 0 Å². The fourth-order valence-electron chi connectivity index (χ4n) is 1.23. The Bertz CT molecular complexity index is 293. The van der Waals surface area contributed by atoms with Gasteiger partial charge in [0.25, 0.3) is 0 Å². The number of nitrogens with one attached hydrogen (secondary N) is 1. The number of ether oxygens (including phenoxy) is 1. The Morgan fingerprint density at radius 2 is 2.14 bits per heavy atom. The van der Waals surface area contributed by atoms with Crippen LogP contribution in [0.4, 0.5) is 14.5 Å². The van der Waals surface area contributed by atoms with E-state index in [0.29, 0.717) is 6.04 Å². The normalized spacial score (nSPS) is 15.6. The molecular weight excluding hydrogens is 188 g/mol. The fourth-order valence-corrected chi connectivity index (χ4v) is 1.23. The molecule has 0 radical (unpaired) electrons. The second-order valence-corrected chi connectivity index (χ2v) is 3.32. The lowest BCUT2D eigenvalue weighted by Crippen LogP contribution is -2.04. The zero-order valence-corrected chi connectivity index (χ0v) is 7.54. The molecule has 0 spiro atoms. The van der Waals surface area contributed by atoms with Crippen molar-refractivity contribution in [3.05, 3.63) is 24.3 Å². The molecule has 0 aromatic heterocycles. The average Bonchev–Trinajstić information content (AvgIpc) is 2.87. The maximum Gasteiger partial charge on any atom is 0.387 e. The molecule has 0 bridgehead atoms. The van der Waals surface area contributed by atoms with E-state index in [0.717, 1.165) is 18.5 Å². The molecule has 76 valence electrons. The zero-order valence-electron chi connectivity index (χ0n) is 7.54. The SMILES string of the molecule is FC(F)Oc1cccc(NC2CC2)c1. The van der Waals surface area contributed by atoms with Crippen molar-refractivity contribution in [2.24, 2.45) is 0 Å². The van der Waals surface area contributed by atoms with Crippen LogP contribution in [0.5, 0.6) is 5.75 Å². The van der Waals surface area contributed by atoms with Crippen LogP contribution < -0.4 is 10.1 Å². The van der Waals surface area contributed by atoms with E-state index in [9.17, 15) is 8.78 Å². The molecule has 14 heavy (non-hydrogen) atoms. The van der Waals surface area contributed by atoms with E-state index in [1.165, 1.54) is 6.07 Å². The van der Waals surface area contributed by atoms with E-state index in [-0.39, 0.29) is 5.75 Å². The Morgan fingerprint density at radius 3 is 2.79 bits per heavy atom. The summed E-state index contributed by atoms with van der Waals surface area (Å²) in [5, 5.41) is 3.20. The maximum atomic E-state index is 11.9. The van der Waals surface area contributed by atoms with Crippen molar-refractivity contribution < 1.29 is 13.5 Å². The first-order valence-corrected chi connectivity index (χ1v) is 4.55. The Balaban J connectivity index is 2.01. The summed E-state index contributed by atoms with van der Waals surface area (Å²) in [4.78, 5) is 0. The molecule has 0 saturated heterocycles. The molecule has 1 aliphatic carbocycles. The van der Waals surface area contributed by atoms with Crippen molar-refractivity contribution >= 4 is 5.69 Å². The van der Waals surface area contributed by atoms with E-state index in [2.05, 4.69) is 10.1 Å². The van der Waals surface area contributed by atoms with E-state index in [1.54, 1.807) is 12.1 Å². The summed E-state index contributed by atoms with van der Waals surface area (Å²) in [6.45, 7) is -2.76. The van der Waals surface area contributed by atoms with Gasteiger partial charge in [-0.3, -0.25) is 0 Å². The van der Waals surface area contributed by atoms with Crippen LogP contribution in [-0.2, 0) is 0 Å². The summed E-state index contributed by atoms with van der Waals surface area (Å²) in [7, 11) is 0. The molecule has 0 aliphatic heterocycles. The van der Waals surface area contributed by atoms with Gasteiger partial charge in [-0.2, -0.15) is 8.78 Å². The Hall–Kier alpha value is -1.32. The highest BCUT2D eigenvalue weighted by Crippen LogP contribution is 2.26. The summed E-state index contributed by atoms with van der Waals surface area (Å²) >= 11 is 0. The van der Waals surface area contributed by atoms with Crippen LogP contribution in [0.1, 0.15) is 12.8 Å². The van der Waals surface area contributed by atoms with Crippen molar-refractivity contribution in [2.45, 2.75) is 25.5 Å². The number of anilines is 1. The summed E-state index contributed by atoms with van der Waals surface area (Å²) in [5.41, 5.74) is 0.839. The van der Waals surface area contributed by atoms with Crippen LogP contribution in [0, 0.1) is 0 Å². The van der Waals surface area contributed by atoms with Gasteiger partial charge in [-0.25, -0.2) is 0 Å². The summed E-state index contributed by atoms with van der Waals surface area (Å²) in [5.74, 6) is 0.200. The van der Waals surface area contributed by atoms with Crippen molar-refractivity contribution in [3.8, 4) is 5.75 Å². The van der Waals surface area contributed by atoms with Crippen LogP contribution in [0.2, 0.25) is 0 Å². The van der Waals surface area contributed by atoms with Crippen LogP contribution in [0.3, 0.4) is 0 Å². The first-order valence-electron chi connectivity index (χ1n) is 4.55. The second kappa shape index (κ2) is 3.82. The highest BCUT2D eigenvalue weighted by Gasteiger charge is 2.20. The predicted molar refractivity (Wildman–Crippen MR) is 49.7 cm³/mol. The van der Waals surface area contributed by atoms with Crippen LogP contribution in [-0.4, -0.2) is 12.7 Å². The van der Waals surface area contributed by atoms with Gasteiger partial charge >= 0.3 is 6.61 Å². The lowest BCUT2D eigenvalue weighted by atomic mass is 10.3. The number of rotatable bonds is 4. The van der Waals surface area contributed by atoms with Gasteiger partial charge in [-0.15, -0.1) is 0 Å². The molecule has 1 saturated carbocycles. The summed E-state index contributed by atoms with van der Waals surface area (Å²) in [6.07, 6.45) is 2.31.